The van der Waals surface area contributed by atoms with E-state index in [1.54, 1.807) is 0 Å². The molecule has 0 atom stereocenters. The number of carbonyl (C=O) groups is 1. The van der Waals surface area contributed by atoms with E-state index in [2.05, 4.69) is 20.8 Å². The average molecular weight is 351 g/mol. The fourth-order valence-corrected chi connectivity index (χ4v) is 2.10. The molecule has 0 aliphatic rings. The zero-order chi connectivity index (χ0) is 18.0. The van der Waals surface area contributed by atoms with Gasteiger partial charge in [0.2, 0.25) is 0 Å². The third kappa shape index (κ3) is 3.32. The number of nitrogens with one attached hydrogen (secondary N) is 1. The van der Waals surface area contributed by atoms with Gasteiger partial charge in [-0.15, -0.1) is 5.10 Å². The van der Waals surface area contributed by atoms with E-state index in [1.165, 1.54) is 6.07 Å². The molecule has 0 aliphatic carbocycles. The van der Waals surface area contributed by atoms with Crippen LogP contribution in [0.2, 0.25) is 0 Å². The lowest BCUT2D eigenvalue weighted by molar-refractivity contribution is 0.0941. The lowest BCUT2D eigenvalue weighted by Gasteiger charge is -2.08. The Morgan fingerprint density at radius 3 is 2.40 bits per heavy atom. The van der Waals surface area contributed by atoms with Crippen LogP contribution >= 0.6 is 0 Å². The zero-order valence-corrected chi connectivity index (χ0v) is 12.4. The maximum absolute atomic E-state index is 13.6. The Bertz CT molecular complexity index is 923. The number of amides is 1. The summed E-state index contributed by atoms with van der Waals surface area (Å²) in [6.45, 7) is -0.293. The first-order valence-electron chi connectivity index (χ1n) is 6.92. The van der Waals surface area contributed by atoms with Gasteiger partial charge in [0.1, 0.15) is 17.2 Å². The van der Waals surface area contributed by atoms with Crippen molar-refractivity contribution in [1.29, 1.82) is 0 Å². The van der Waals surface area contributed by atoms with E-state index >= 15 is 0 Å². The Labute approximate surface area is 138 Å². The van der Waals surface area contributed by atoms with Crippen LogP contribution in [0.4, 0.5) is 17.6 Å². The molecule has 25 heavy (non-hydrogen) atoms. The van der Waals surface area contributed by atoms with Crippen molar-refractivity contribution in [2.75, 3.05) is 0 Å². The fourth-order valence-electron chi connectivity index (χ4n) is 2.10. The van der Waals surface area contributed by atoms with Crippen LogP contribution in [-0.2, 0) is 6.54 Å². The normalized spacial score (nSPS) is 10.7. The van der Waals surface area contributed by atoms with E-state index in [0.717, 1.165) is 35.0 Å². The van der Waals surface area contributed by atoms with Gasteiger partial charge in [0, 0.05) is 6.07 Å². The Morgan fingerprint density at radius 2 is 1.72 bits per heavy atom. The number of carbonyl (C=O) groups excluding carboxylic acids is 1. The predicted molar refractivity (Wildman–Crippen MR) is 76.6 cm³/mol. The first-order chi connectivity index (χ1) is 12.0. The number of nitrogens with zero attached hydrogens (tertiary/aromatic N) is 4. The van der Waals surface area contributed by atoms with Gasteiger partial charge in [-0.25, -0.2) is 17.6 Å². The molecule has 3 aromatic rings. The van der Waals surface area contributed by atoms with Crippen molar-refractivity contribution < 1.29 is 22.4 Å². The molecule has 1 N–H and O–H groups in total. The van der Waals surface area contributed by atoms with Crippen LogP contribution in [0.15, 0.2) is 36.4 Å². The van der Waals surface area contributed by atoms with Gasteiger partial charge >= 0.3 is 0 Å². The van der Waals surface area contributed by atoms with Gasteiger partial charge in [0.25, 0.3) is 5.91 Å². The lowest BCUT2D eigenvalue weighted by Crippen LogP contribution is -2.26. The molecule has 1 amide bonds. The summed E-state index contributed by atoms with van der Waals surface area (Å²) >= 11 is 0. The van der Waals surface area contributed by atoms with E-state index in [9.17, 15) is 22.4 Å². The minimum Gasteiger partial charge on any atom is -0.344 e. The Hall–Kier alpha value is -3.30. The summed E-state index contributed by atoms with van der Waals surface area (Å²) in [6.07, 6.45) is 0. The largest absolute Gasteiger partial charge is 0.344 e. The van der Waals surface area contributed by atoms with Gasteiger partial charge in [0.05, 0.1) is 12.2 Å². The van der Waals surface area contributed by atoms with Crippen LogP contribution in [0.3, 0.4) is 0 Å². The third-order valence-electron chi connectivity index (χ3n) is 3.28. The highest BCUT2D eigenvalue weighted by atomic mass is 19.2. The Morgan fingerprint density at radius 1 is 1.00 bits per heavy atom. The molecule has 6 nitrogen and oxygen atoms in total. The minimum absolute atomic E-state index is 0.0519. The third-order valence-corrected chi connectivity index (χ3v) is 3.28. The van der Waals surface area contributed by atoms with Crippen LogP contribution < -0.4 is 5.32 Å². The van der Waals surface area contributed by atoms with Crippen LogP contribution in [0.25, 0.3) is 5.69 Å². The lowest BCUT2D eigenvalue weighted by atomic mass is 10.2. The highest BCUT2D eigenvalue weighted by Crippen LogP contribution is 2.14. The maximum Gasteiger partial charge on any atom is 0.257 e. The Kier molecular flexibility index (Phi) is 4.42. The number of halogens is 4. The van der Waals surface area contributed by atoms with E-state index < -0.39 is 34.7 Å². The number of aromatic nitrogens is 4. The molecule has 0 unspecified atom stereocenters. The van der Waals surface area contributed by atoms with Crippen molar-refractivity contribution in [2.24, 2.45) is 0 Å². The monoisotopic (exact) mass is 351 g/mol. The molecular weight excluding hydrogens is 342 g/mol. The van der Waals surface area contributed by atoms with Gasteiger partial charge in [0.15, 0.2) is 17.5 Å². The standard InChI is InChI=1S/C15H9F4N5O/c16-9-5-4-8(6-12(9)19)24-13(21-22-23-24)7-20-15(25)14-10(17)2-1-3-11(14)18/h1-6H,7H2,(H,20,25). The number of hydrogen-bond acceptors (Lipinski definition) is 4. The van der Waals surface area contributed by atoms with Gasteiger partial charge in [-0.05, 0) is 34.7 Å². The molecule has 0 saturated carbocycles. The quantitative estimate of drug-likeness (QED) is 0.731. The summed E-state index contributed by atoms with van der Waals surface area (Å²) in [5, 5.41) is 12.9. The summed E-state index contributed by atoms with van der Waals surface area (Å²) in [5.41, 5.74) is -0.625. The fraction of sp³-hybridized carbons (Fsp3) is 0.0667. The molecule has 3 rings (SSSR count). The Balaban J connectivity index is 1.80. The highest BCUT2D eigenvalue weighted by Gasteiger charge is 2.18. The number of hydrogen-bond donors (Lipinski definition) is 1. The van der Waals surface area contributed by atoms with Crippen molar-refractivity contribution >= 4 is 5.91 Å². The molecule has 0 fully saturated rings. The van der Waals surface area contributed by atoms with Gasteiger partial charge in [-0.3, -0.25) is 4.79 Å². The molecule has 0 bridgehead atoms. The SMILES string of the molecule is O=C(NCc1nnnn1-c1ccc(F)c(F)c1)c1c(F)cccc1F. The van der Waals surface area contributed by atoms with Gasteiger partial charge in [-0.2, -0.15) is 4.68 Å². The van der Waals surface area contributed by atoms with Gasteiger partial charge in [-0.1, -0.05) is 6.07 Å². The van der Waals surface area contributed by atoms with Crippen LogP contribution in [0.5, 0.6) is 0 Å². The van der Waals surface area contributed by atoms with Crippen LogP contribution in [-0.4, -0.2) is 26.1 Å². The topological polar surface area (TPSA) is 72.7 Å². The average Bonchev–Trinajstić information content (AvgIpc) is 3.04. The predicted octanol–water partition coefficient (Wildman–Crippen LogP) is 2.15. The van der Waals surface area contributed by atoms with E-state index in [4.69, 9.17) is 0 Å². The molecule has 0 spiro atoms. The van der Waals surface area contributed by atoms with Crippen LogP contribution in [0, 0.1) is 23.3 Å². The summed E-state index contributed by atoms with van der Waals surface area (Å²) in [6, 6.07) is 6.02. The van der Waals surface area contributed by atoms with Crippen LogP contribution in [0.1, 0.15) is 16.2 Å². The number of benzene rings is 2. The number of tetrazole rings is 1. The molecule has 0 radical (unpaired) electrons. The second-order valence-electron chi connectivity index (χ2n) is 4.88. The summed E-state index contributed by atoms with van der Waals surface area (Å²) in [7, 11) is 0. The smallest absolute Gasteiger partial charge is 0.257 e. The van der Waals surface area contributed by atoms with Crippen molar-refractivity contribution in [3.05, 3.63) is 71.1 Å². The first-order valence-corrected chi connectivity index (χ1v) is 6.92. The van der Waals surface area contributed by atoms with Crippen molar-refractivity contribution in [1.82, 2.24) is 25.5 Å². The summed E-state index contributed by atoms with van der Waals surface area (Å²) < 4.78 is 54.5. The maximum atomic E-state index is 13.6. The summed E-state index contributed by atoms with van der Waals surface area (Å²) in [5.74, 6) is -5.12. The van der Waals surface area contributed by atoms with Crippen molar-refractivity contribution in [2.45, 2.75) is 6.54 Å². The van der Waals surface area contributed by atoms with E-state index in [-0.39, 0.29) is 18.1 Å². The molecule has 0 aliphatic heterocycles. The molecule has 0 saturated heterocycles. The molecule has 128 valence electrons. The molecular formula is C15H9F4N5O. The zero-order valence-electron chi connectivity index (χ0n) is 12.4. The van der Waals surface area contributed by atoms with E-state index in [1.807, 2.05) is 0 Å². The van der Waals surface area contributed by atoms with Crippen molar-refractivity contribution in [3.63, 3.8) is 0 Å². The van der Waals surface area contributed by atoms with Gasteiger partial charge < -0.3 is 5.32 Å². The molecule has 10 heteroatoms. The number of rotatable bonds is 4. The second kappa shape index (κ2) is 6.67. The second-order valence-corrected chi connectivity index (χ2v) is 4.88. The highest BCUT2D eigenvalue weighted by molar-refractivity contribution is 5.94. The summed E-state index contributed by atoms with van der Waals surface area (Å²) in [4.78, 5) is 11.9. The molecule has 2 aromatic carbocycles. The van der Waals surface area contributed by atoms with Crippen molar-refractivity contribution in [3.8, 4) is 5.69 Å². The molecule has 1 aromatic heterocycles. The molecule has 1 heterocycles. The van der Waals surface area contributed by atoms with E-state index in [0.29, 0.717) is 0 Å². The minimum atomic E-state index is -1.10. The first kappa shape index (κ1) is 16.6.